The molecule has 10 heteroatoms. The van der Waals surface area contributed by atoms with Crippen LogP contribution in [0.5, 0.6) is 0 Å². The predicted octanol–water partition coefficient (Wildman–Crippen LogP) is 10.9. The van der Waals surface area contributed by atoms with E-state index in [1.807, 2.05) is 18.2 Å². The molecule has 0 aromatic heterocycles. The van der Waals surface area contributed by atoms with Crippen LogP contribution in [0.4, 0.5) is 0 Å². The molecule has 0 bridgehead atoms. The minimum absolute atomic E-state index is 0.140. The molecule has 296 valence electrons. The number of carbonyl (C=O) groups is 2. The second-order valence-corrected chi connectivity index (χ2v) is 14.7. The van der Waals surface area contributed by atoms with Gasteiger partial charge in [-0.1, -0.05) is 152 Å². The summed E-state index contributed by atoms with van der Waals surface area (Å²) in [5.74, 6) is -0.967. The Morgan fingerprint density at radius 2 is 1.18 bits per heavy atom. The summed E-state index contributed by atoms with van der Waals surface area (Å²) in [5.41, 5.74) is 0. The van der Waals surface area contributed by atoms with Crippen molar-refractivity contribution in [1.29, 1.82) is 0 Å². The fourth-order valence-electron chi connectivity index (χ4n) is 5.43. The highest BCUT2D eigenvalue weighted by atomic mass is 31.2. The first-order chi connectivity index (χ1) is 24.7. The standard InChI is InChI=1S/C41H73O9P/c1-3-5-7-9-11-12-13-14-15-16-17-18-19-20-22-26-30-34-40(43)48-36-39(37-49-51(45,46)47)50-41(44)35-31-27-23-25-29-33-38(42)32-28-24-21-10-8-6-4-2/h6,8,14-15,21,24,28,32,38-39,42H,3-5,7,9-13,16-20,22-23,25-27,29-31,33-37H2,1-2H3,(H2,45,46,47)/b8-6+,15-14-,24-21+,32-28+/t38?,39-/m1/s1. The summed E-state index contributed by atoms with van der Waals surface area (Å²) in [6.07, 6.45) is 39.9. The first kappa shape index (κ1) is 49.0. The molecular weight excluding hydrogens is 667 g/mol. The Morgan fingerprint density at radius 3 is 1.76 bits per heavy atom. The number of hydrogen-bond acceptors (Lipinski definition) is 7. The number of ether oxygens (including phenoxy) is 2. The minimum atomic E-state index is -4.78. The molecule has 1 unspecified atom stereocenters. The van der Waals surface area contributed by atoms with Gasteiger partial charge in [-0.25, -0.2) is 4.57 Å². The van der Waals surface area contributed by atoms with Crippen molar-refractivity contribution in [2.45, 2.75) is 187 Å². The number of hydrogen-bond donors (Lipinski definition) is 3. The van der Waals surface area contributed by atoms with E-state index in [1.165, 1.54) is 64.2 Å². The van der Waals surface area contributed by atoms with Crippen LogP contribution in [0.15, 0.2) is 48.6 Å². The molecule has 0 spiro atoms. The third-order valence-electron chi connectivity index (χ3n) is 8.44. The molecule has 0 rings (SSSR count). The largest absolute Gasteiger partial charge is 0.469 e. The summed E-state index contributed by atoms with van der Waals surface area (Å²) in [6.45, 7) is 3.46. The summed E-state index contributed by atoms with van der Waals surface area (Å²) in [7, 11) is -4.78. The molecule has 0 saturated carbocycles. The summed E-state index contributed by atoms with van der Waals surface area (Å²) in [4.78, 5) is 42.8. The summed E-state index contributed by atoms with van der Waals surface area (Å²) < 4.78 is 26.3. The molecule has 9 nitrogen and oxygen atoms in total. The smallest absolute Gasteiger partial charge is 0.462 e. The number of phosphoric ester groups is 1. The summed E-state index contributed by atoms with van der Waals surface area (Å²) in [6, 6.07) is 0. The summed E-state index contributed by atoms with van der Waals surface area (Å²) >= 11 is 0. The Balaban J connectivity index is 4.03. The van der Waals surface area contributed by atoms with Crippen LogP contribution in [-0.4, -0.2) is 52.3 Å². The van der Waals surface area contributed by atoms with E-state index >= 15 is 0 Å². The second kappa shape index (κ2) is 36.3. The van der Waals surface area contributed by atoms with E-state index in [0.29, 0.717) is 19.3 Å². The fraction of sp³-hybridized carbons (Fsp3) is 0.756. The van der Waals surface area contributed by atoms with Crippen LogP contribution in [0.25, 0.3) is 0 Å². The number of aliphatic hydroxyl groups is 1. The highest BCUT2D eigenvalue weighted by molar-refractivity contribution is 7.46. The lowest BCUT2D eigenvalue weighted by Gasteiger charge is -2.18. The van der Waals surface area contributed by atoms with E-state index in [-0.39, 0.29) is 19.4 Å². The molecule has 0 aliphatic heterocycles. The maximum Gasteiger partial charge on any atom is 0.469 e. The topological polar surface area (TPSA) is 140 Å². The number of esters is 2. The van der Waals surface area contributed by atoms with Gasteiger partial charge in [-0.3, -0.25) is 14.1 Å². The zero-order valence-electron chi connectivity index (χ0n) is 32.1. The summed E-state index contributed by atoms with van der Waals surface area (Å²) in [5, 5.41) is 10.1. The minimum Gasteiger partial charge on any atom is -0.462 e. The van der Waals surface area contributed by atoms with E-state index < -0.39 is 38.6 Å². The van der Waals surface area contributed by atoms with Crippen LogP contribution in [-0.2, 0) is 28.2 Å². The van der Waals surface area contributed by atoms with Gasteiger partial charge in [0.15, 0.2) is 6.10 Å². The highest BCUT2D eigenvalue weighted by Gasteiger charge is 2.22. The van der Waals surface area contributed by atoms with E-state index in [2.05, 4.69) is 42.7 Å². The molecule has 0 aliphatic rings. The normalized spacial score (nSPS) is 13.6. The van der Waals surface area contributed by atoms with Gasteiger partial charge in [-0.2, -0.15) is 0 Å². The molecule has 0 aromatic carbocycles. The number of carbonyl (C=O) groups excluding carboxylic acids is 2. The number of unbranched alkanes of at least 4 members (excludes halogenated alkanes) is 17. The molecule has 0 radical (unpaired) electrons. The molecule has 0 aliphatic carbocycles. The maximum atomic E-state index is 12.4. The SMILES string of the molecule is CC/C=C/C/C=C/C=C/C(O)CCCCCCCC(=O)O[C@H](COC(=O)CCCCCCCCC/C=C\CCCCCCCC)COP(=O)(O)O. The number of rotatable bonds is 36. The predicted molar refractivity (Wildman–Crippen MR) is 208 cm³/mol. The Hall–Kier alpha value is -2.03. The maximum absolute atomic E-state index is 12.4. The van der Waals surface area contributed by atoms with Crippen molar-refractivity contribution in [3.63, 3.8) is 0 Å². The van der Waals surface area contributed by atoms with E-state index in [4.69, 9.17) is 19.3 Å². The first-order valence-corrected chi connectivity index (χ1v) is 21.6. The Morgan fingerprint density at radius 1 is 0.627 bits per heavy atom. The quantitative estimate of drug-likeness (QED) is 0.0188. The average Bonchev–Trinajstić information content (AvgIpc) is 3.09. The van der Waals surface area contributed by atoms with Crippen LogP contribution in [0.2, 0.25) is 0 Å². The number of phosphoric acid groups is 1. The van der Waals surface area contributed by atoms with Crippen molar-refractivity contribution >= 4 is 19.8 Å². The van der Waals surface area contributed by atoms with Crippen molar-refractivity contribution in [1.82, 2.24) is 0 Å². The van der Waals surface area contributed by atoms with Crippen molar-refractivity contribution in [2.75, 3.05) is 13.2 Å². The van der Waals surface area contributed by atoms with Crippen LogP contribution in [0.3, 0.4) is 0 Å². The van der Waals surface area contributed by atoms with Crippen molar-refractivity contribution in [3.8, 4) is 0 Å². The molecule has 0 heterocycles. The average molecular weight is 741 g/mol. The molecule has 0 aromatic rings. The number of allylic oxidation sites excluding steroid dienone is 7. The third-order valence-corrected chi connectivity index (χ3v) is 8.92. The van der Waals surface area contributed by atoms with Gasteiger partial charge in [0.05, 0.1) is 12.7 Å². The molecular formula is C41H73O9P. The van der Waals surface area contributed by atoms with Crippen LogP contribution in [0.1, 0.15) is 174 Å². The van der Waals surface area contributed by atoms with Gasteiger partial charge in [0.2, 0.25) is 0 Å². The van der Waals surface area contributed by atoms with Gasteiger partial charge in [-0.05, 0) is 57.8 Å². The highest BCUT2D eigenvalue weighted by Crippen LogP contribution is 2.36. The van der Waals surface area contributed by atoms with Gasteiger partial charge < -0.3 is 24.4 Å². The van der Waals surface area contributed by atoms with Crippen molar-refractivity contribution in [3.05, 3.63) is 48.6 Å². The Labute approximate surface area is 310 Å². The van der Waals surface area contributed by atoms with Gasteiger partial charge in [-0.15, -0.1) is 0 Å². The van der Waals surface area contributed by atoms with E-state index in [1.54, 1.807) is 6.08 Å². The van der Waals surface area contributed by atoms with Gasteiger partial charge in [0.25, 0.3) is 0 Å². The monoisotopic (exact) mass is 740 g/mol. The lowest BCUT2D eigenvalue weighted by atomic mass is 10.1. The van der Waals surface area contributed by atoms with Gasteiger partial charge in [0, 0.05) is 12.8 Å². The van der Waals surface area contributed by atoms with Crippen molar-refractivity contribution < 1.29 is 43.0 Å². The number of aliphatic hydroxyl groups excluding tert-OH is 1. The Kier molecular flexibility index (Phi) is 34.9. The second-order valence-electron chi connectivity index (χ2n) is 13.4. The van der Waals surface area contributed by atoms with Crippen LogP contribution < -0.4 is 0 Å². The molecule has 0 fully saturated rings. The molecule has 51 heavy (non-hydrogen) atoms. The Bertz CT molecular complexity index is 986. The fourth-order valence-corrected chi connectivity index (χ4v) is 5.79. The van der Waals surface area contributed by atoms with Gasteiger partial charge >= 0.3 is 19.8 Å². The molecule has 0 amide bonds. The van der Waals surface area contributed by atoms with E-state index in [9.17, 15) is 19.3 Å². The van der Waals surface area contributed by atoms with Crippen LogP contribution >= 0.6 is 7.82 Å². The van der Waals surface area contributed by atoms with Crippen LogP contribution in [0, 0.1) is 0 Å². The lowest BCUT2D eigenvalue weighted by Crippen LogP contribution is -2.29. The van der Waals surface area contributed by atoms with E-state index in [0.717, 1.165) is 64.2 Å². The molecule has 2 atom stereocenters. The zero-order chi connectivity index (χ0) is 37.7. The molecule has 3 N–H and O–H groups in total. The van der Waals surface area contributed by atoms with Crippen molar-refractivity contribution in [2.24, 2.45) is 0 Å². The third kappa shape index (κ3) is 39.0. The first-order valence-electron chi connectivity index (χ1n) is 20.0. The molecule has 0 saturated heterocycles. The lowest BCUT2D eigenvalue weighted by molar-refractivity contribution is -0.161. The zero-order valence-corrected chi connectivity index (χ0v) is 33.0. The van der Waals surface area contributed by atoms with Gasteiger partial charge in [0.1, 0.15) is 6.61 Å².